The van der Waals surface area contributed by atoms with Crippen LogP contribution in [0.15, 0.2) is 36.5 Å². The molecule has 0 rings (SSSR count). The van der Waals surface area contributed by atoms with Gasteiger partial charge < -0.3 is 0 Å². The minimum atomic E-state index is 1.09. The van der Waals surface area contributed by atoms with Crippen LogP contribution >= 0.6 is 0 Å². The summed E-state index contributed by atoms with van der Waals surface area (Å²) in [5.41, 5.74) is 0. The summed E-state index contributed by atoms with van der Waals surface area (Å²) >= 11 is 0. The second-order valence-corrected chi connectivity index (χ2v) is 5.58. The molecule has 0 bridgehead atoms. The predicted molar refractivity (Wildman–Crippen MR) is 94.2 cm³/mol. The standard InChI is InChI=1S/C20H36/c1-3-5-7-9-11-13-15-17-19-20-18-16-14-12-10-8-6-4-2/h9,11,15,17-18,20H,3-8,10,12-14,16,19H2,1-2H3/b11-9-,17-15-,20-18-. The van der Waals surface area contributed by atoms with E-state index in [0.717, 1.165) is 12.8 Å². The molecular weight excluding hydrogens is 240 g/mol. The zero-order chi connectivity index (χ0) is 14.7. The molecule has 0 spiro atoms. The maximum atomic E-state index is 2.35. The van der Waals surface area contributed by atoms with Crippen LogP contribution in [0.25, 0.3) is 0 Å². The van der Waals surface area contributed by atoms with Gasteiger partial charge in [-0.25, -0.2) is 0 Å². The van der Waals surface area contributed by atoms with Crippen molar-refractivity contribution in [2.75, 3.05) is 0 Å². The van der Waals surface area contributed by atoms with Crippen molar-refractivity contribution in [1.82, 2.24) is 0 Å². The Morgan fingerprint density at radius 2 is 0.900 bits per heavy atom. The summed E-state index contributed by atoms with van der Waals surface area (Å²) in [6.45, 7) is 4.52. The molecule has 0 atom stereocenters. The molecule has 0 nitrogen and oxygen atoms in total. The Morgan fingerprint density at radius 1 is 0.450 bits per heavy atom. The smallest absolute Gasteiger partial charge is 0.0169 e. The van der Waals surface area contributed by atoms with E-state index in [9.17, 15) is 0 Å². The number of hydrogen-bond donors (Lipinski definition) is 0. The van der Waals surface area contributed by atoms with Gasteiger partial charge in [0.1, 0.15) is 0 Å². The maximum Gasteiger partial charge on any atom is -0.0169 e. The van der Waals surface area contributed by atoms with Gasteiger partial charge in [-0.3, -0.25) is 0 Å². The van der Waals surface area contributed by atoms with Crippen LogP contribution in [0.1, 0.15) is 90.9 Å². The summed E-state index contributed by atoms with van der Waals surface area (Å²) in [4.78, 5) is 0. The maximum absolute atomic E-state index is 2.35. The molecule has 0 radical (unpaired) electrons. The summed E-state index contributed by atoms with van der Waals surface area (Å²) in [6.07, 6.45) is 29.5. The molecule has 0 aromatic rings. The van der Waals surface area contributed by atoms with Crippen molar-refractivity contribution in [3.05, 3.63) is 36.5 Å². The van der Waals surface area contributed by atoms with Crippen molar-refractivity contribution in [2.24, 2.45) is 0 Å². The summed E-state index contributed by atoms with van der Waals surface area (Å²) in [6, 6.07) is 0. The van der Waals surface area contributed by atoms with Gasteiger partial charge in [-0.1, -0.05) is 95.2 Å². The van der Waals surface area contributed by atoms with E-state index in [1.807, 2.05) is 0 Å². The van der Waals surface area contributed by atoms with Crippen LogP contribution in [-0.2, 0) is 0 Å². The molecule has 0 heteroatoms. The van der Waals surface area contributed by atoms with E-state index in [2.05, 4.69) is 50.3 Å². The Morgan fingerprint density at radius 3 is 1.50 bits per heavy atom. The third-order valence-corrected chi connectivity index (χ3v) is 3.49. The van der Waals surface area contributed by atoms with Gasteiger partial charge in [-0.2, -0.15) is 0 Å². The minimum absolute atomic E-state index is 1.09. The van der Waals surface area contributed by atoms with Gasteiger partial charge in [0.15, 0.2) is 0 Å². The molecule has 0 fully saturated rings. The van der Waals surface area contributed by atoms with Crippen molar-refractivity contribution in [3.63, 3.8) is 0 Å². The van der Waals surface area contributed by atoms with E-state index in [1.165, 1.54) is 64.2 Å². The lowest BCUT2D eigenvalue weighted by Crippen LogP contribution is -1.77. The fourth-order valence-electron chi connectivity index (χ4n) is 2.14. The lowest BCUT2D eigenvalue weighted by atomic mass is 10.1. The zero-order valence-electron chi connectivity index (χ0n) is 13.9. The third-order valence-electron chi connectivity index (χ3n) is 3.49. The van der Waals surface area contributed by atoms with Crippen LogP contribution in [-0.4, -0.2) is 0 Å². The summed E-state index contributed by atoms with van der Waals surface area (Å²) in [5, 5.41) is 0. The number of allylic oxidation sites excluding steroid dienone is 6. The van der Waals surface area contributed by atoms with Crippen LogP contribution < -0.4 is 0 Å². The molecule has 0 aliphatic heterocycles. The Labute approximate surface area is 128 Å². The molecule has 0 unspecified atom stereocenters. The molecule has 0 aliphatic carbocycles. The molecule has 0 N–H and O–H groups in total. The van der Waals surface area contributed by atoms with Gasteiger partial charge >= 0.3 is 0 Å². The molecule has 0 aliphatic rings. The van der Waals surface area contributed by atoms with E-state index in [0.29, 0.717) is 0 Å². The van der Waals surface area contributed by atoms with E-state index >= 15 is 0 Å². The van der Waals surface area contributed by atoms with Gasteiger partial charge in [0, 0.05) is 0 Å². The Balaban J connectivity index is 3.24. The van der Waals surface area contributed by atoms with Crippen LogP contribution in [0.5, 0.6) is 0 Å². The Kier molecular flexibility index (Phi) is 17.5. The summed E-state index contributed by atoms with van der Waals surface area (Å²) in [7, 11) is 0. The first-order valence-corrected chi connectivity index (χ1v) is 8.86. The molecule has 20 heavy (non-hydrogen) atoms. The molecule has 0 amide bonds. The first-order valence-electron chi connectivity index (χ1n) is 8.86. The van der Waals surface area contributed by atoms with Crippen molar-refractivity contribution in [2.45, 2.75) is 90.9 Å². The monoisotopic (exact) mass is 276 g/mol. The third kappa shape index (κ3) is 17.2. The van der Waals surface area contributed by atoms with Crippen LogP contribution in [0.3, 0.4) is 0 Å². The fourth-order valence-corrected chi connectivity index (χ4v) is 2.14. The highest BCUT2D eigenvalue weighted by atomic mass is 13.9. The highest BCUT2D eigenvalue weighted by Gasteiger charge is 1.87. The largest absolute Gasteiger partial charge is 0.0882 e. The average molecular weight is 277 g/mol. The lowest BCUT2D eigenvalue weighted by Gasteiger charge is -1.97. The first kappa shape index (κ1) is 19.2. The molecule has 0 saturated heterocycles. The highest BCUT2D eigenvalue weighted by molar-refractivity contribution is 4.97. The van der Waals surface area contributed by atoms with Crippen molar-refractivity contribution in [3.8, 4) is 0 Å². The van der Waals surface area contributed by atoms with Crippen molar-refractivity contribution in [1.29, 1.82) is 0 Å². The summed E-state index contributed by atoms with van der Waals surface area (Å²) in [5.74, 6) is 0. The quantitative estimate of drug-likeness (QED) is 0.229. The van der Waals surface area contributed by atoms with Crippen molar-refractivity contribution < 1.29 is 0 Å². The normalized spacial score (nSPS) is 12.3. The van der Waals surface area contributed by atoms with Gasteiger partial charge in [-0.05, 0) is 32.1 Å². The minimum Gasteiger partial charge on any atom is -0.0882 e. The highest BCUT2D eigenvalue weighted by Crippen LogP contribution is 2.07. The second kappa shape index (κ2) is 18.2. The molecule has 116 valence electrons. The molecule has 0 aromatic carbocycles. The summed E-state index contributed by atoms with van der Waals surface area (Å²) < 4.78 is 0. The van der Waals surface area contributed by atoms with Gasteiger partial charge in [0.05, 0.1) is 0 Å². The molecule has 0 saturated carbocycles. The SMILES string of the molecule is CCCC/C=C\C/C=C\C/C=C\CCCCCCCC. The van der Waals surface area contributed by atoms with Crippen molar-refractivity contribution >= 4 is 0 Å². The number of unbranched alkanes of at least 4 members (excludes halogenated alkanes) is 8. The van der Waals surface area contributed by atoms with E-state index in [4.69, 9.17) is 0 Å². The average Bonchev–Trinajstić information content (AvgIpc) is 2.47. The lowest BCUT2D eigenvalue weighted by molar-refractivity contribution is 0.611. The zero-order valence-corrected chi connectivity index (χ0v) is 13.9. The first-order chi connectivity index (χ1) is 9.91. The van der Waals surface area contributed by atoms with Gasteiger partial charge in [0.25, 0.3) is 0 Å². The number of rotatable bonds is 14. The number of hydrogen-bond acceptors (Lipinski definition) is 0. The molecule has 0 heterocycles. The molecular formula is C20H36. The Bertz CT molecular complexity index is 245. The van der Waals surface area contributed by atoms with E-state index in [-0.39, 0.29) is 0 Å². The predicted octanol–water partition coefficient (Wildman–Crippen LogP) is 7.38. The van der Waals surface area contributed by atoms with E-state index in [1.54, 1.807) is 0 Å². The fraction of sp³-hybridized carbons (Fsp3) is 0.700. The van der Waals surface area contributed by atoms with Crippen LogP contribution in [0, 0.1) is 0 Å². The van der Waals surface area contributed by atoms with Gasteiger partial charge in [0.2, 0.25) is 0 Å². The topological polar surface area (TPSA) is 0 Å². The second-order valence-electron chi connectivity index (χ2n) is 5.58. The van der Waals surface area contributed by atoms with Crippen LogP contribution in [0.2, 0.25) is 0 Å². The van der Waals surface area contributed by atoms with Crippen LogP contribution in [0.4, 0.5) is 0 Å². The van der Waals surface area contributed by atoms with Gasteiger partial charge in [-0.15, -0.1) is 0 Å². The van der Waals surface area contributed by atoms with E-state index < -0.39 is 0 Å². The Hall–Kier alpha value is -0.780. The molecule has 0 aromatic heterocycles.